The average molecular weight is 363 g/mol. The Morgan fingerprint density at radius 2 is 1.76 bits per heavy atom. The zero-order chi connectivity index (χ0) is 18.1. The van der Waals surface area contributed by atoms with E-state index in [0.717, 1.165) is 5.56 Å². The van der Waals surface area contributed by atoms with Crippen LogP contribution in [-0.4, -0.2) is 52.3 Å². The lowest BCUT2D eigenvalue weighted by Crippen LogP contribution is -2.48. The summed E-state index contributed by atoms with van der Waals surface area (Å²) in [5.74, 6) is 0.846. The van der Waals surface area contributed by atoms with Gasteiger partial charge in [-0.25, -0.2) is 4.98 Å². The molecule has 132 valence electrons. The fourth-order valence-corrected chi connectivity index (χ4v) is 3.03. The van der Waals surface area contributed by atoms with E-state index >= 15 is 0 Å². The first-order valence-corrected chi connectivity index (χ1v) is 8.18. The molecule has 1 saturated heterocycles. The number of carbonyl (C=O) groups excluding carboxylic acids is 1. The van der Waals surface area contributed by atoms with Gasteiger partial charge in [-0.15, -0.1) is 5.10 Å². The van der Waals surface area contributed by atoms with Gasteiger partial charge in [-0.1, -0.05) is 11.6 Å². The molecule has 1 aliphatic heterocycles. The molecule has 0 radical (unpaired) electrons. The van der Waals surface area contributed by atoms with Crippen molar-refractivity contribution in [2.45, 2.75) is 13.8 Å². The van der Waals surface area contributed by atoms with Gasteiger partial charge in [0.25, 0.3) is 5.91 Å². The van der Waals surface area contributed by atoms with Gasteiger partial charge in [0.05, 0.1) is 11.3 Å². The molecule has 0 spiro atoms. The molecule has 9 nitrogen and oxygen atoms in total. The van der Waals surface area contributed by atoms with E-state index in [2.05, 4.69) is 25.1 Å². The summed E-state index contributed by atoms with van der Waals surface area (Å²) < 4.78 is 0. The average Bonchev–Trinajstić information content (AvgIpc) is 2.56. The van der Waals surface area contributed by atoms with Crippen LogP contribution in [0.5, 0.6) is 0 Å². The van der Waals surface area contributed by atoms with Gasteiger partial charge in [0, 0.05) is 32.2 Å². The number of anilines is 3. The van der Waals surface area contributed by atoms with Crippen LogP contribution in [0.2, 0.25) is 5.15 Å². The summed E-state index contributed by atoms with van der Waals surface area (Å²) in [6, 6.07) is 1.68. The smallest absolute Gasteiger partial charge is 0.252 e. The fourth-order valence-electron chi connectivity index (χ4n) is 2.84. The molecule has 0 unspecified atom stereocenters. The number of rotatable bonds is 3. The fraction of sp³-hybridized carbons (Fsp3) is 0.400. The number of piperazine rings is 1. The molecule has 1 fully saturated rings. The molecule has 1 amide bonds. The topological polar surface area (TPSA) is 127 Å². The number of halogens is 1. The molecule has 2 aromatic rings. The summed E-state index contributed by atoms with van der Waals surface area (Å²) in [6.07, 6.45) is 0. The van der Waals surface area contributed by atoms with E-state index < -0.39 is 5.91 Å². The highest BCUT2D eigenvalue weighted by molar-refractivity contribution is 6.29. The second-order valence-electron chi connectivity index (χ2n) is 5.85. The van der Waals surface area contributed by atoms with Gasteiger partial charge >= 0.3 is 0 Å². The van der Waals surface area contributed by atoms with Crippen LogP contribution in [0.1, 0.15) is 21.6 Å². The number of nitrogen functional groups attached to an aromatic ring is 1. The van der Waals surface area contributed by atoms with E-state index in [-0.39, 0.29) is 5.95 Å². The van der Waals surface area contributed by atoms with Crippen LogP contribution < -0.4 is 21.3 Å². The highest BCUT2D eigenvalue weighted by Gasteiger charge is 2.25. The van der Waals surface area contributed by atoms with Crippen LogP contribution in [0.15, 0.2) is 6.07 Å². The number of aromatic nitrogens is 4. The second-order valence-corrected chi connectivity index (χ2v) is 6.24. The number of carbonyl (C=O) groups is 1. The van der Waals surface area contributed by atoms with Crippen molar-refractivity contribution in [2.24, 2.45) is 5.73 Å². The number of primary amides is 1. The van der Waals surface area contributed by atoms with E-state index in [4.69, 9.17) is 23.1 Å². The van der Waals surface area contributed by atoms with E-state index in [9.17, 15) is 4.79 Å². The Hall–Kier alpha value is -2.68. The molecule has 0 saturated carbocycles. The lowest BCUT2D eigenvalue weighted by atomic mass is 10.1. The van der Waals surface area contributed by atoms with Crippen LogP contribution >= 0.6 is 11.6 Å². The number of hydrogen-bond acceptors (Lipinski definition) is 8. The number of amides is 1. The summed E-state index contributed by atoms with van der Waals surface area (Å²) in [6.45, 7) is 6.24. The normalized spacial score (nSPS) is 14.7. The van der Waals surface area contributed by atoms with E-state index in [0.29, 0.717) is 54.2 Å². The maximum Gasteiger partial charge on any atom is 0.252 e. The van der Waals surface area contributed by atoms with Gasteiger partial charge in [0.2, 0.25) is 5.95 Å². The highest BCUT2D eigenvalue weighted by atomic mass is 35.5. The van der Waals surface area contributed by atoms with Crippen molar-refractivity contribution in [2.75, 3.05) is 41.7 Å². The summed E-state index contributed by atoms with van der Waals surface area (Å²) in [7, 11) is 0. The summed E-state index contributed by atoms with van der Waals surface area (Å²) >= 11 is 5.94. The van der Waals surface area contributed by atoms with Crippen molar-refractivity contribution >= 4 is 35.1 Å². The van der Waals surface area contributed by atoms with Gasteiger partial charge in [-0.05, 0) is 19.4 Å². The first-order valence-electron chi connectivity index (χ1n) is 7.80. The third-order valence-electron chi connectivity index (χ3n) is 4.28. The quantitative estimate of drug-likeness (QED) is 0.757. The van der Waals surface area contributed by atoms with Crippen LogP contribution in [0.25, 0.3) is 0 Å². The Morgan fingerprint density at radius 3 is 2.36 bits per heavy atom. The van der Waals surface area contributed by atoms with Crippen LogP contribution in [0.4, 0.5) is 17.6 Å². The molecule has 0 atom stereocenters. The third kappa shape index (κ3) is 3.41. The molecular formula is C15H19ClN8O. The summed E-state index contributed by atoms with van der Waals surface area (Å²) in [5, 5.41) is 8.64. The Labute approximate surface area is 150 Å². The number of nitrogens with two attached hydrogens (primary N) is 2. The lowest BCUT2D eigenvalue weighted by molar-refractivity contribution is 0.0999. The number of hydrogen-bond donors (Lipinski definition) is 2. The first-order chi connectivity index (χ1) is 11.9. The molecule has 0 aromatic carbocycles. The van der Waals surface area contributed by atoms with E-state index in [1.165, 1.54) is 0 Å². The molecule has 1 aliphatic rings. The van der Waals surface area contributed by atoms with Gasteiger partial charge in [-0.2, -0.15) is 10.1 Å². The minimum absolute atomic E-state index is 0.140. The predicted molar refractivity (Wildman–Crippen MR) is 95.9 cm³/mol. The third-order valence-corrected chi connectivity index (χ3v) is 4.48. The maximum absolute atomic E-state index is 11.9. The number of nitrogens with zero attached hydrogens (tertiary/aromatic N) is 6. The maximum atomic E-state index is 11.9. The Kier molecular flexibility index (Phi) is 4.58. The van der Waals surface area contributed by atoms with Crippen LogP contribution in [-0.2, 0) is 0 Å². The molecule has 25 heavy (non-hydrogen) atoms. The van der Waals surface area contributed by atoms with Gasteiger partial charge in [-0.3, -0.25) is 4.79 Å². The van der Waals surface area contributed by atoms with Crippen molar-refractivity contribution in [3.8, 4) is 0 Å². The van der Waals surface area contributed by atoms with Crippen molar-refractivity contribution < 1.29 is 4.79 Å². The van der Waals surface area contributed by atoms with E-state index in [1.54, 1.807) is 13.0 Å². The number of aryl methyl sites for hydroxylation is 1. The zero-order valence-electron chi connectivity index (χ0n) is 14.0. The largest absolute Gasteiger partial charge is 0.368 e. The molecule has 2 aromatic heterocycles. The van der Waals surface area contributed by atoms with Gasteiger partial charge in [0.1, 0.15) is 11.0 Å². The summed E-state index contributed by atoms with van der Waals surface area (Å²) in [5.41, 5.74) is 13.1. The zero-order valence-corrected chi connectivity index (χ0v) is 14.8. The molecule has 3 heterocycles. The van der Waals surface area contributed by atoms with Crippen molar-refractivity contribution in [1.29, 1.82) is 0 Å². The van der Waals surface area contributed by atoms with E-state index in [1.807, 2.05) is 11.8 Å². The first kappa shape index (κ1) is 17.2. The van der Waals surface area contributed by atoms with Crippen LogP contribution in [0, 0.1) is 13.8 Å². The van der Waals surface area contributed by atoms with Crippen molar-refractivity contribution in [1.82, 2.24) is 20.2 Å². The molecular weight excluding hydrogens is 344 g/mol. The van der Waals surface area contributed by atoms with Crippen molar-refractivity contribution in [3.63, 3.8) is 0 Å². The molecule has 0 bridgehead atoms. The molecule has 0 aliphatic carbocycles. The minimum atomic E-state index is -0.497. The second kappa shape index (κ2) is 6.67. The Morgan fingerprint density at radius 1 is 1.12 bits per heavy atom. The Balaban J connectivity index is 1.81. The SMILES string of the molecule is Cc1nnc(N2CCN(c3cc(Cl)nc(N)n3)CC2)c(C(N)=O)c1C. The van der Waals surface area contributed by atoms with Gasteiger partial charge in [0.15, 0.2) is 5.82 Å². The molecule has 3 rings (SSSR count). The Bertz CT molecular complexity index is 799. The predicted octanol–water partition coefficient (Wildman–Crippen LogP) is 0.545. The summed E-state index contributed by atoms with van der Waals surface area (Å²) in [4.78, 5) is 24.0. The minimum Gasteiger partial charge on any atom is -0.368 e. The molecule has 10 heteroatoms. The highest BCUT2D eigenvalue weighted by Crippen LogP contribution is 2.24. The van der Waals surface area contributed by atoms with Crippen molar-refractivity contribution in [3.05, 3.63) is 28.0 Å². The monoisotopic (exact) mass is 362 g/mol. The lowest BCUT2D eigenvalue weighted by Gasteiger charge is -2.36. The molecule has 4 N–H and O–H groups in total. The van der Waals surface area contributed by atoms with Crippen LogP contribution in [0.3, 0.4) is 0 Å². The standard InChI is InChI=1S/C15H19ClN8O/c1-8-9(2)21-22-14(12(8)13(17)25)24-5-3-23(4-6-24)11-7-10(16)19-15(18)20-11/h7H,3-6H2,1-2H3,(H2,17,25)(H2,18,19,20). The van der Waals surface area contributed by atoms with Gasteiger partial charge < -0.3 is 21.3 Å².